The summed E-state index contributed by atoms with van der Waals surface area (Å²) in [5, 5.41) is 0.503. The van der Waals surface area contributed by atoms with Gasteiger partial charge >= 0.3 is 12.4 Å². The van der Waals surface area contributed by atoms with E-state index >= 15 is 0 Å². The normalized spacial score (nSPS) is 12.0. The molecule has 1 aromatic heterocycles. The van der Waals surface area contributed by atoms with Crippen LogP contribution in [0.3, 0.4) is 0 Å². The molecule has 254 valence electrons. The van der Waals surface area contributed by atoms with Gasteiger partial charge in [-0.1, -0.05) is 91.0 Å². The van der Waals surface area contributed by atoms with Crippen LogP contribution in [0, 0.1) is 6.92 Å². The molecule has 0 aliphatic rings. The van der Waals surface area contributed by atoms with Gasteiger partial charge in [0, 0.05) is 16.3 Å². The van der Waals surface area contributed by atoms with Gasteiger partial charge in [0.15, 0.2) is 0 Å². The van der Waals surface area contributed by atoms with Crippen LogP contribution in [0.4, 0.5) is 32.0 Å². The highest BCUT2D eigenvalue weighted by Crippen LogP contribution is 2.41. The first-order chi connectivity index (χ1) is 24.4. The number of hydrogen-bond acceptors (Lipinski definition) is 2. The molecule has 0 unspecified atom stereocenters. The fourth-order valence-corrected chi connectivity index (χ4v) is 6.49. The lowest BCUT2D eigenvalue weighted by Crippen LogP contribution is -2.31. The second-order valence-corrected chi connectivity index (χ2v) is 12.0. The van der Waals surface area contributed by atoms with Crippen LogP contribution in [0.2, 0.25) is 0 Å². The predicted molar refractivity (Wildman–Crippen MR) is 186 cm³/mol. The average Bonchev–Trinajstić information content (AvgIpc) is 3.45. The molecule has 0 radical (unpaired) electrons. The number of benzene rings is 6. The topological polar surface area (TPSA) is 42.3 Å². The minimum absolute atomic E-state index is 0.00710. The largest absolute Gasteiger partial charge is 0.416 e. The summed E-state index contributed by atoms with van der Waals surface area (Å²) in [4.78, 5) is 28.6. The van der Waals surface area contributed by atoms with E-state index in [0.29, 0.717) is 23.1 Å². The maximum atomic E-state index is 14.7. The zero-order valence-corrected chi connectivity index (χ0v) is 26.8. The summed E-state index contributed by atoms with van der Waals surface area (Å²) in [6, 6.07) is 34.3. The Morgan fingerprint density at radius 2 is 1.16 bits per heavy atom. The van der Waals surface area contributed by atoms with E-state index in [2.05, 4.69) is 0 Å². The standard InChI is InChI=1S/C41H26F6N2O2/c1-25-9-8-14-35(49-36-22-29(40(42,43)44)16-18-31(36)32-19-17-30(23-37(32)49)41(45,46)47)38(25)39(51)48(24-50)34-20-15-28(26-10-4-2-5-11-26)21-33(34)27-12-6-3-7-13-27/h2-24H,1H3. The highest BCUT2D eigenvalue weighted by Gasteiger charge is 2.34. The van der Waals surface area contributed by atoms with Crippen LogP contribution >= 0.6 is 0 Å². The number of alkyl halides is 6. The Kier molecular flexibility index (Phi) is 8.25. The Labute approximate surface area is 287 Å². The van der Waals surface area contributed by atoms with Crippen molar-refractivity contribution in [2.24, 2.45) is 0 Å². The van der Waals surface area contributed by atoms with E-state index < -0.39 is 29.4 Å². The molecule has 10 heteroatoms. The van der Waals surface area contributed by atoms with Crippen molar-refractivity contribution in [1.29, 1.82) is 0 Å². The number of imide groups is 1. The number of carbonyl (C=O) groups excluding carboxylic acids is 2. The molecule has 0 aliphatic carbocycles. The number of anilines is 1. The smallest absolute Gasteiger partial charge is 0.308 e. The molecule has 0 fully saturated rings. The van der Waals surface area contributed by atoms with E-state index in [1.54, 1.807) is 31.2 Å². The maximum absolute atomic E-state index is 14.7. The van der Waals surface area contributed by atoms with Crippen LogP contribution in [0.25, 0.3) is 49.7 Å². The van der Waals surface area contributed by atoms with E-state index in [1.807, 2.05) is 66.7 Å². The molecule has 2 amide bonds. The van der Waals surface area contributed by atoms with Gasteiger partial charge in [-0.15, -0.1) is 0 Å². The summed E-state index contributed by atoms with van der Waals surface area (Å²) in [5.74, 6) is -0.823. The first-order valence-corrected chi connectivity index (χ1v) is 15.7. The number of nitrogens with zero attached hydrogens (tertiary/aromatic N) is 2. The van der Waals surface area contributed by atoms with E-state index in [1.165, 1.54) is 22.8 Å². The van der Waals surface area contributed by atoms with Crippen molar-refractivity contribution in [2.45, 2.75) is 19.3 Å². The van der Waals surface area contributed by atoms with Crippen molar-refractivity contribution >= 4 is 39.8 Å². The maximum Gasteiger partial charge on any atom is 0.416 e. The SMILES string of the molecule is Cc1cccc(-n2c3cc(C(F)(F)F)ccc3c3ccc(C(F)(F)F)cc32)c1C(=O)N(C=O)c1ccc(-c2ccccc2)cc1-c1ccccc1. The van der Waals surface area contributed by atoms with Crippen molar-refractivity contribution in [3.8, 4) is 27.9 Å². The summed E-state index contributed by atoms with van der Waals surface area (Å²) in [6.07, 6.45) is -9.16. The number of hydrogen-bond donors (Lipinski definition) is 0. The third-order valence-electron chi connectivity index (χ3n) is 8.90. The Morgan fingerprint density at radius 1 is 0.608 bits per heavy atom. The second kappa shape index (κ2) is 12.6. The number of rotatable bonds is 6. The molecule has 0 aliphatic heterocycles. The first kappa shape index (κ1) is 33.3. The molecule has 0 N–H and O–H groups in total. The number of amides is 2. The van der Waals surface area contributed by atoms with E-state index in [0.717, 1.165) is 40.3 Å². The zero-order chi connectivity index (χ0) is 36.1. The second-order valence-electron chi connectivity index (χ2n) is 12.0. The van der Waals surface area contributed by atoms with Crippen LogP contribution in [-0.2, 0) is 17.1 Å². The molecule has 7 aromatic rings. The minimum Gasteiger partial charge on any atom is -0.308 e. The van der Waals surface area contributed by atoms with Gasteiger partial charge in [0.25, 0.3) is 5.91 Å². The molecule has 1 heterocycles. The quantitative estimate of drug-likeness (QED) is 0.129. The highest BCUT2D eigenvalue weighted by atomic mass is 19.4. The van der Waals surface area contributed by atoms with Crippen molar-refractivity contribution < 1.29 is 35.9 Å². The lowest BCUT2D eigenvalue weighted by Gasteiger charge is -2.23. The first-order valence-electron chi connectivity index (χ1n) is 15.7. The van der Waals surface area contributed by atoms with Gasteiger partial charge in [-0.2, -0.15) is 26.3 Å². The molecule has 0 spiro atoms. The third-order valence-corrected chi connectivity index (χ3v) is 8.90. The predicted octanol–water partition coefficient (Wildman–Crippen LogP) is 11.3. The van der Waals surface area contributed by atoms with Crippen molar-refractivity contribution in [1.82, 2.24) is 4.57 Å². The van der Waals surface area contributed by atoms with Crippen LogP contribution in [0.1, 0.15) is 27.0 Å². The molecular formula is C41H26F6N2O2. The van der Waals surface area contributed by atoms with E-state index in [9.17, 15) is 35.9 Å². The number of carbonyl (C=O) groups is 2. The van der Waals surface area contributed by atoms with Crippen molar-refractivity contribution in [2.75, 3.05) is 4.90 Å². The summed E-state index contributed by atoms with van der Waals surface area (Å²) >= 11 is 0. The van der Waals surface area contributed by atoms with Crippen LogP contribution in [-0.4, -0.2) is 16.9 Å². The highest BCUT2D eigenvalue weighted by molar-refractivity contribution is 6.20. The zero-order valence-electron chi connectivity index (χ0n) is 26.8. The van der Waals surface area contributed by atoms with E-state index in [-0.39, 0.29) is 38.7 Å². The fraction of sp³-hybridized carbons (Fsp3) is 0.0732. The van der Waals surface area contributed by atoms with Gasteiger partial charge in [0.1, 0.15) is 0 Å². The van der Waals surface area contributed by atoms with Gasteiger partial charge in [0.2, 0.25) is 6.41 Å². The number of fused-ring (bicyclic) bond motifs is 3. The molecule has 6 aromatic carbocycles. The van der Waals surface area contributed by atoms with Gasteiger partial charge in [-0.05, 0) is 71.6 Å². The Morgan fingerprint density at radius 3 is 1.69 bits per heavy atom. The monoisotopic (exact) mass is 692 g/mol. The Bertz CT molecular complexity index is 2380. The third kappa shape index (κ3) is 6.03. The van der Waals surface area contributed by atoms with Gasteiger partial charge in [-0.25, -0.2) is 4.90 Å². The number of aryl methyl sites for hydroxylation is 1. The minimum atomic E-state index is -4.76. The molecule has 51 heavy (non-hydrogen) atoms. The van der Waals surface area contributed by atoms with Gasteiger partial charge in [0.05, 0.1) is 39.1 Å². The lowest BCUT2D eigenvalue weighted by atomic mass is 9.96. The number of halogens is 6. The van der Waals surface area contributed by atoms with Gasteiger partial charge < -0.3 is 4.57 Å². The van der Waals surface area contributed by atoms with Crippen molar-refractivity contribution in [3.63, 3.8) is 0 Å². The molecule has 0 bridgehead atoms. The Balaban J connectivity index is 1.47. The van der Waals surface area contributed by atoms with E-state index in [4.69, 9.17) is 0 Å². The number of aromatic nitrogens is 1. The van der Waals surface area contributed by atoms with Gasteiger partial charge in [-0.3, -0.25) is 9.59 Å². The lowest BCUT2D eigenvalue weighted by molar-refractivity contribution is -0.138. The Hall–Kier alpha value is -6.16. The fourth-order valence-electron chi connectivity index (χ4n) is 6.49. The summed E-state index contributed by atoms with van der Waals surface area (Å²) < 4.78 is 85.2. The molecule has 4 nitrogen and oxygen atoms in total. The average molecular weight is 693 g/mol. The summed E-state index contributed by atoms with van der Waals surface area (Å²) in [5.41, 5.74) is 1.32. The molecular weight excluding hydrogens is 666 g/mol. The molecule has 0 saturated heterocycles. The molecule has 7 rings (SSSR count). The van der Waals surface area contributed by atoms with Crippen LogP contribution in [0.15, 0.2) is 133 Å². The molecule has 0 saturated carbocycles. The summed E-state index contributed by atoms with van der Waals surface area (Å²) in [7, 11) is 0. The van der Waals surface area contributed by atoms with Crippen LogP contribution in [0.5, 0.6) is 0 Å². The summed E-state index contributed by atoms with van der Waals surface area (Å²) in [6.45, 7) is 1.59. The van der Waals surface area contributed by atoms with Crippen LogP contribution < -0.4 is 4.90 Å². The van der Waals surface area contributed by atoms with Crippen molar-refractivity contribution in [3.05, 3.63) is 156 Å². The molecule has 0 atom stereocenters.